The van der Waals surface area contributed by atoms with Crippen molar-refractivity contribution >= 4 is 16.1 Å². The first kappa shape index (κ1) is 14.7. The van der Waals surface area contributed by atoms with E-state index < -0.39 is 21.5 Å². The fraction of sp³-hybridized carbons (Fsp3) is 0.417. The first-order chi connectivity index (χ1) is 8.29. The Kier molecular flexibility index (Phi) is 4.48. The van der Waals surface area contributed by atoms with Crippen molar-refractivity contribution in [3.63, 3.8) is 0 Å². The Morgan fingerprint density at radius 2 is 1.83 bits per heavy atom. The summed E-state index contributed by atoms with van der Waals surface area (Å²) in [4.78, 5) is 11.7. The molecule has 0 aliphatic heterocycles. The van der Waals surface area contributed by atoms with Crippen LogP contribution in [0.1, 0.15) is 20.3 Å². The average Bonchev–Trinajstić information content (AvgIpc) is 2.29. The molecular weight excluding hydrogens is 256 g/mol. The quantitative estimate of drug-likeness (QED) is 0.818. The van der Waals surface area contributed by atoms with Crippen LogP contribution in [0.3, 0.4) is 0 Å². The molecule has 1 rings (SSSR count). The predicted octanol–water partition coefficient (Wildman–Crippen LogP) is 1.33. The van der Waals surface area contributed by atoms with Crippen LogP contribution in [0.2, 0.25) is 0 Å². The van der Waals surface area contributed by atoms with Gasteiger partial charge in [-0.1, -0.05) is 18.2 Å². The van der Waals surface area contributed by atoms with Gasteiger partial charge in [-0.05, 0) is 32.4 Å². The van der Waals surface area contributed by atoms with Gasteiger partial charge in [0.2, 0.25) is 0 Å². The van der Waals surface area contributed by atoms with Gasteiger partial charge in [-0.25, -0.2) is 0 Å². The second-order valence-corrected chi connectivity index (χ2v) is 6.04. The van der Waals surface area contributed by atoms with Crippen molar-refractivity contribution in [2.45, 2.75) is 25.2 Å². The lowest BCUT2D eigenvalue weighted by Gasteiger charge is -2.20. The molecule has 1 aromatic carbocycles. The van der Waals surface area contributed by atoms with Gasteiger partial charge in [-0.2, -0.15) is 8.42 Å². The Balaban J connectivity index is 2.88. The number of aliphatic hydroxyl groups excluding tert-OH is 1. The van der Waals surface area contributed by atoms with Crippen molar-refractivity contribution in [2.24, 2.45) is 5.41 Å². The summed E-state index contributed by atoms with van der Waals surface area (Å²) in [6.07, 6.45) is 0.135. The normalized spacial score (nSPS) is 12.2. The van der Waals surface area contributed by atoms with Gasteiger partial charge in [0.15, 0.2) is 0 Å². The van der Waals surface area contributed by atoms with Crippen LogP contribution in [0.4, 0.5) is 0 Å². The number of carbonyl (C=O) groups is 1. The minimum absolute atomic E-state index is 0.0712. The molecule has 0 aliphatic carbocycles. The summed E-state index contributed by atoms with van der Waals surface area (Å²) in [7, 11) is -4.09. The molecule has 0 bridgehead atoms. The number of hydrogen-bond donors (Lipinski definition) is 1. The SMILES string of the molecule is CC(C)(CCO)C(=O)OS(=O)(=O)c1ccccc1. The molecule has 0 spiro atoms. The van der Waals surface area contributed by atoms with Crippen molar-refractivity contribution < 1.29 is 22.5 Å². The summed E-state index contributed by atoms with van der Waals surface area (Å²) < 4.78 is 28.1. The number of hydrogen-bond acceptors (Lipinski definition) is 5. The fourth-order valence-corrected chi connectivity index (χ4v) is 2.24. The highest BCUT2D eigenvalue weighted by Gasteiger charge is 2.33. The van der Waals surface area contributed by atoms with E-state index in [9.17, 15) is 13.2 Å². The molecular formula is C12H16O5S. The third-order valence-corrected chi connectivity index (χ3v) is 3.73. The Morgan fingerprint density at radius 3 is 2.33 bits per heavy atom. The Morgan fingerprint density at radius 1 is 1.28 bits per heavy atom. The van der Waals surface area contributed by atoms with E-state index in [0.29, 0.717) is 0 Å². The summed E-state index contributed by atoms with van der Waals surface area (Å²) in [5, 5.41) is 8.81. The molecule has 0 atom stereocenters. The van der Waals surface area contributed by atoms with Crippen molar-refractivity contribution in [1.29, 1.82) is 0 Å². The van der Waals surface area contributed by atoms with Gasteiger partial charge in [0, 0.05) is 6.61 Å². The summed E-state index contributed by atoms with van der Waals surface area (Å²) in [6, 6.07) is 7.44. The van der Waals surface area contributed by atoms with E-state index in [4.69, 9.17) is 5.11 Å². The molecule has 6 heteroatoms. The maximum absolute atomic E-state index is 11.8. The first-order valence-electron chi connectivity index (χ1n) is 5.44. The van der Waals surface area contributed by atoms with E-state index in [2.05, 4.69) is 4.18 Å². The number of rotatable bonds is 5. The molecule has 5 nitrogen and oxygen atoms in total. The monoisotopic (exact) mass is 272 g/mol. The van der Waals surface area contributed by atoms with Crippen molar-refractivity contribution in [2.75, 3.05) is 6.61 Å². The number of carbonyl (C=O) groups excluding carboxylic acids is 1. The molecule has 0 heterocycles. The molecule has 0 aliphatic rings. The summed E-state index contributed by atoms with van der Waals surface area (Å²) in [5.41, 5.74) is -1.05. The second-order valence-electron chi connectivity index (χ2n) is 4.50. The van der Waals surface area contributed by atoms with Gasteiger partial charge < -0.3 is 9.29 Å². The Bertz CT molecular complexity index is 505. The van der Waals surface area contributed by atoms with Crippen LogP contribution in [0.5, 0.6) is 0 Å². The Labute approximate surface area is 107 Å². The van der Waals surface area contributed by atoms with E-state index in [1.165, 1.54) is 26.0 Å². The molecule has 0 amide bonds. The summed E-state index contributed by atoms with van der Waals surface area (Å²) in [5.74, 6) is -0.875. The zero-order valence-corrected chi connectivity index (χ0v) is 11.1. The minimum Gasteiger partial charge on any atom is -0.396 e. The van der Waals surface area contributed by atoms with Crippen LogP contribution >= 0.6 is 0 Å². The molecule has 0 saturated carbocycles. The molecule has 100 valence electrons. The molecule has 0 aromatic heterocycles. The third-order valence-electron chi connectivity index (χ3n) is 2.51. The van der Waals surface area contributed by atoms with E-state index in [-0.39, 0.29) is 17.9 Å². The topological polar surface area (TPSA) is 80.7 Å². The predicted molar refractivity (Wildman–Crippen MR) is 65.2 cm³/mol. The van der Waals surface area contributed by atoms with Crippen LogP contribution in [0.25, 0.3) is 0 Å². The third kappa shape index (κ3) is 3.54. The van der Waals surface area contributed by atoms with Gasteiger partial charge in [0.05, 0.1) is 5.41 Å². The van der Waals surface area contributed by atoms with Gasteiger partial charge in [0.1, 0.15) is 4.90 Å². The molecule has 1 N–H and O–H groups in total. The molecule has 1 aromatic rings. The first-order valence-corrected chi connectivity index (χ1v) is 6.85. The highest BCUT2D eigenvalue weighted by molar-refractivity contribution is 7.87. The number of aliphatic hydroxyl groups is 1. The second kappa shape index (κ2) is 5.49. The summed E-state index contributed by atoms with van der Waals surface area (Å²) >= 11 is 0. The zero-order chi connectivity index (χ0) is 13.8. The van der Waals surface area contributed by atoms with Crippen LogP contribution < -0.4 is 0 Å². The lowest BCUT2D eigenvalue weighted by molar-refractivity contribution is -0.144. The summed E-state index contributed by atoms with van der Waals surface area (Å²) in [6.45, 7) is 2.83. The lowest BCUT2D eigenvalue weighted by Crippen LogP contribution is -2.29. The maximum atomic E-state index is 11.8. The van der Waals surface area contributed by atoms with E-state index in [1.807, 2.05) is 0 Å². The standard InChI is InChI=1S/C12H16O5S/c1-12(2,8-9-13)11(14)17-18(15,16)10-6-4-3-5-7-10/h3-7,13H,8-9H2,1-2H3. The zero-order valence-electron chi connectivity index (χ0n) is 10.3. The minimum atomic E-state index is -4.09. The van der Waals surface area contributed by atoms with Crippen LogP contribution in [-0.4, -0.2) is 26.1 Å². The fourth-order valence-electron chi connectivity index (χ4n) is 1.23. The molecule has 0 saturated heterocycles. The van der Waals surface area contributed by atoms with E-state index in [0.717, 1.165) is 0 Å². The smallest absolute Gasteiger partial charge is 0.341 e. The average molecular weight is 272 g/mol. The van der Waals surface area contributed by atoms with Crippen LogP contribution in [0.15, 0.2) is 35.2 Å². The van der Waals surface area contributed by atoms with Gasteiger partial charge in [0.25, 0.3) is 0 Å². The molecule has 0 fully saturated rings. The van der Waals surface area contributed by atoms with E-state index in [1.54, 1.807) is 18.2 Å². The highest BCUT2D eigenvalue weighted by Crippen LogP contribution is 2.24. The highest BCUT2D eigenvalue weighted by atomic mass is 32.2. The molecule has 18 heavy (non-hydrogen) atoms. The van der Waals surface area contributed by atoms with E-state index >= 15 is 0 Å². The van der Waals surface area contributed by atoms with Crippen molar-refractivity contribution in [1.82, 2.24) is 0 Å². The van der Waals surface area contributed by atoms with Gasteiger partial charge >= 0.3 is 16.1 Å². The Hall–Kier alpha value is -1.40. The van der Waals surface area contributed by atoms with Crippen LogP contribution in [0, 0.1) is 5.41 Å². The lowest BCUT2D eigenvalue weighted by atomic mass is 9.90. The number of benzene rings is 1. The van der Waals surface area contributed by atoms with Gasteiger partial charge in [-0.15, -0.1) is 0 Å². The molecule has 0 radical (unpaired) electrons. The largest absolute Gasteiger partial charge is 0.396 e. The maximum Gasteiger partial charge on any atom is 0.341 e. The van der Waals surface area contributed by atoms with Gasteiger partial charge in [-0.3, -0.25) is 4.79 Å². The van der Waals surface area contributed by atoms with Crippen molar-refractivity contribution in [3.8, 4) is 0 Å². The van der Waals surface area contributed by atoms with Crippen LogP contribution in [-0.2, 0) is 19.1 Å². The van der Waals surface area contributed by atoms with Crippen molar-refractivity contribution in [3.05, 3.63) is 30.3 Å². The molecule has 0 unspecified atom stereocenters.